The predicted octanol–water partition coefficient (Wildman–Crippen LogP) is 4.31. The largest absolute Gasteiger partial charge is 0.325 e. The van der Waals surface area contributed by atoms with E-state index in [-0.39, 0.29) is 10.2 Å². The summed E-state index contributed by atoms with van der Waals surface area (Å²) in [5.41, 5.74) is 0.206. The Morgan fingerprint density at radius 2 is 1.41 bits per heavy atom. The zero-order valence-electron chi connectivity index (χ0n) is 17.2. The molecule has 136 valence electrons. The molecule has 0 aromatic rings. The summed E-state index contributed by atoms with van der Waals surface area (Å²) in [6, 6.07) is 0. The molecule has 0 aliphatic heterocycles. The molecule has 1 atom stereocenters. The average molecular weight is 336 g/mol. The highest BCUT2D eigenvalue weighted by atomic mass is 32.2. The van der Waals surface area contributed by atoms with Crippen LogP contribution in [0.1, 0.15) is 68.7 Å². The summed E-state index contributed by atoms with van der Waals surface area (Å²) in [6.45, 7) is 23.5. The van der Waals surface area contributed by atoms with Crippen molar-refractivity contribution in [1.82, 2.24) is 4.31 Å². The number of hydrogen-bond donors (Lipinski definition) is 0. The monoisotopic (exact) mass is 335 g/mol. The topological polar surface area (TPSA) is 20.3 Å². The van der Waals surface area contributed by atoms with Crippen molar-refractivity contribution in [2.45, 2.75) is 73.5 Å². The third kappa shape index (κ3) is 9.26. The molecule has 0 heterocycles. The fraction of sp³-hybridized carbons (Fsp3) is 1.00. The van der Waals surface area contributed by atoms with Gasteiger partial charge in [0.2, 0.25) is 0 Å². The van der Waals surface area contributed by atoms with Crippen LogP contribution < -0.4 is 0 Å². The maximum atomic E-state index is 12.8. The van der Waals surface area contributed by atoms with E-state index >= 15 is 0 Å². The number of rotatable bonds is 8. The van der Waals surface area contributed by atoms with E-state index in [1.807, 2.05) is 25.2 Å². The molecule has 0 spiro atoms. The molecule has 1 unspecified atom stereocenters. The molecule has 0 aromatic heterocycles. The van der Waals surface area contributed by atoms with Gasteiger partial charge in [0.1, 0.15) is 0 Å². The first-order chi connectivity index (χ1) is 9.87. The summed E-state index contributed by atoms with van der Waals surface area (Å²) >= 11 is 0. The third-order valence-corrected chi connectivity index (χ3v) is 6.03. The molecule has 0 aromatic carbocycles. The summed E-state index contributed by atoms with van der Waals surface area (Å²) in [7, 11) is 3.33. The van der Waals surface area contributed by atoms with E-state index in [1.54, 1.807) is 0 Å². The minimum Gasteiger partial charge on any atom is -0.325 e. The van der Waals surface area contributed by atoms with Crippen LogP contribution in [-0.4, -0.2) is 58.0 Å². The van der Waals surface area contributed by atoms with Crippen molar-refractivity contribution in [2.75, 3.05) is 40.3 Å². The highest BCUT2D eigenvalue weighted by molar-refractivity contribution is 7.84. The van der Waals surface area contributed by atoms with Gasteiger partial charge < -0.3 is 4.48 Å². The zero-order valence-corrected chi connectivity index (χ0v) is 18.1. The van der Waals surface area contributed by atoms with Crippen molar-refractivity contribution < 1.29 is 8.69 Å². The first-order valence-corrected chi connectivity index (χ1v) is 9.94. The standard InChI is InChI=1S/C16H37N2OS.C2H6/c1-10-18(9,11-2)13-12-17(8)20(19)16(6,7)14-15(3,4)5;1-2/h10-14H2,1-9H3;1-2H3/q+1;. The van der Waals surface area contributed by atoms with Crippen LogP contribution in [0, 0.1) is 5.41 Å². The number of likely N-dealkylation sites (N-methyl/N-ethyl adjacent to an activating group) is 2. The van der Waals surface area contributed by atoms with Crippen LogP contribution in [0.2, 0.25) is 0 Å². The Morgan fingerprint density at radius 1 is 1.00 bits per heavy atom. The lowest BCUT2D eigenvalue weighted by Gasteiger charge is -2.37. The molecule has 0 N–H and O–H groups in total. The van der Waals surface area contributed by atoms with Gasteiger partial charge >= 0.3 is 0 Å². The highest BCUT2D eigenvalue weighted by Gasteiger charge is 2.34. The second-order valence-corrected chi connectivity index (χ2v) is 10.3. The van der Waals surface area contributed by atoms with Gasteiger partial charge in [0.25, 0.3) is 0 Å². The summed E-state index contributed by atoms with van der Waals surface area (Å²) in [4.78, 5) is 0. The van der Waals surface area contributed by atoms with Crippen LogP contribution >= 0.6 is 0 Å². The van der Waals surface area contributed by atoms with Crippen LogP contribution in [0.3, 0.4) is 0 Å². The summed E-state index contributed by atoms with van der Waals surface area (Å²) < 4.78 is 15.7. The van der Waals surface area contributed by atoms with Crippen molar-refractivity contribution in [2.24, 2.45) is 5.41 Å². The summed E-state index contributed by atoms with van der Waals surface area (Å²) in [5, 5.41) is 0. The molecule has 4 heteroatoms. The van der Waals surface area contributed by atoms with Gasteiger partial charge in [0.05, 0.1) is 49.0 Å². The average Bonchev–Trinajstić information content (AvgIpc) is 2.43. The Hall–Kier alpha value is 0.0700. The smallest absolute Gasteiger partial charge is 0.0999 e. The van der Waals surface area contributed by atoms with Crippen LogP contribution in [0.5, 0.6) is 0 Å². The van der Waals surface area contributed by atoms with Crippen molar-refractivity contribution in [3.63, 3.8) is 0 Å². The van der Waals surface area contributed by atoms with Gasteiger partial charge in [0, 0.05) is 7.05 Å². The number of quaternary nitrogens is 1. The molecular weight excluding hydrogens is 292 g/mol. The fourth-order valence-electron chi connectivity index (χ4n) is 2.77. The molecule has 0 rings (SSSR count). The lowest BCUT2D eigenvalue weighted by Crippen LogP contribution is -2.49. The second kappa shape index (κ2) is 10.0. The maximum Gasteiger partial charge on any atom is 0.0999 e. The van der Waals surface area contributed by atoms with Crippen LogP contribution in [0.25, 0.3) is 0 Å². The predicted molar refractivity (Wildman–Crippen MR) is 102 cm³/mol. The van der Waals surface area contributed by atoms with E-state index in [1.165, 1.54) is 0 Å². The molecule has 0 saturated heterocycles. The Morgan fingerprint density at radius 3 is 1.73 bits per heavy atom. The minimum absolute atomic E-state index is 0.172. The van der Waals surface area contributed by atoms with Gasteiger partial charge in [-0.25, -0.2) is 8.51 Å². The molecule has 0 bridgehead atoms. The number of hydrogen-bond acceptors (Lipinski definition) is 1. The van der Waals surface area contributed by atoms with Crippen LogP contribution in [0.15, 0.2) is 0 Å². The van der Waals surface area contributed by atoms with Crippen molar-refractivity contribution >= 4 is 11.0 Å². The van der Waals surface area contributed by atoms with E-state index in [4.69, 9.17) is 0 Å². The molecule has 0 fully saturated rings. The SMILES string of the molecule is CC.CC[N+](C)(CC)CCN(C)S(=O)C(C)(C)CC(C)(C)C. The normalized spacial score (nSPS) is 14.5. The molecule has 0 radical (unpaired) electrons. The van der Waals surface area contributed by atoms with E-state index in [2.05, 4.69) is 55.5 Å². The third-order valence-electron chi connectivity index (χ3n) is 4.19. The van der Waals surface area contributed by atoms with Crippen LogP contribution in [0.4, 0.5) is 0 Å². The first-order valence-electron chi connectivity index (χ1n) is 8.83. The fourth-order valence-corrected chi connectivity index (χ4v) is 4.41. The highest BCUT2D eigenvalue weighted by Crippen LogP contribution is 2.31. The van der Waals surface area contributed by atoms with Gasteiger partial charge in [-0.2, -0.15) is 0 Å². The summed E-state index contributed by atoms with van der Waals surface area (Å²) in [6.07, 6.45) is 0.963. The first kappa shape index (κ1) is 24.3. The molecule has 0 amide bonds. The molecule has 0 aliphatic carbocycles. The molecular formula is C18H43N2OS+. The molecule has 22 heavy (non-hydrogen) atoms. The van der Waals surface area contributed by atoms with Crippen molar-refractivity contribution in [1.29, 1.82) is 0 Å². The Kier molecular flexibility index (Phi) is 11.1. The van der Waals surface area contributed by atoms with Gasteiger partial charge in [-0.1, -0.05) is 34.6 Å². The summed E-state index contributed by atoms with van der Waals surface area (Å²) in [5.74, 6) is 0. The second-order valence-electron chi connectivity index (χ2n) is 8.07. The van der Waals surface area contributed by atoms with Gasteiger partial charge in [-0.3, -0.25) is 0 Å². The van der Waals surface area contributed by atoms with E-state index < -0.39 is 11.0 Å². The van der Waals surface area contributed by atoms with Gasteiger partial charge in [-0.15, -0.1) is 0 Å². The van der Waals surface area contributed by atoms with Crippen molar-refractivity contribution in [3.05, 3.63) is 0 Å². The van der Waals surface area contributed by atoms with E-state index in [0.29, 0.717) is 0 Å². The minimum atomic E-state index is -0.937. The Bertz CT molecular complexity index is 318. The van der Waals surface area contributed by atoms with Gasteiger partial charge in [-0.05, 0) is 39.5 Å². The number of nitrogens with zero attached hydrogens (tertiary/aromatic N) is 2. The maximum absolute atomic E-state index is 12.8. The van der Waals surface area contributed by atoms with Gasteiger partial charge in [0.15, 0.2) is 0 Å². The lowest BCUT2D eigenvalue weighted by molar-refractivity contribution is -0.905. The van der Waals surface area contributed by atoms with E-state index in [0.717, 1.165) is 37.1 Å². The Labute approximate surface area is 143 Å². The van der Waals surface area contributed by atoms with Crippen LogP contribution in [-0.2, 0) is 11.0 Å². The van der Waals surface area contributed by atoms with E-state index in [9.17, 15) is 4.21 Å². The quantitative estimate of drug-likeness (QED) is 0.605. The zero-order chi connectivity index (χ0) is 18.2. The molecule has 0 aliphatic rings. The lowest BCUT2D eigenvalue weighted by atomic mass is 9.86. The van der Waals surface area contributed by atoms with Crippen molar-refractivity contribution in [3.8, 4) is 0 Å². The molecule has 3 nitrogen and oxygen atoms in total. The molecule has 0 saturated carbocycles. The Balaban J connectivity index is 0.